The van der Waals surface area contributed by atoms with Crippen LogP contribution in [0.1, 0.15) is 5.56 Å². The number of nitrogens with zero attached hydrogens (tertiary/aromatic N) is 5. The Morgan fingerprint density at radius 1 is 0.931 bits per heavy atom. The number of aromatic nitrogens is 5. The zero-order valence-corrected chi connectivity index (χ0v) is 15.6. The van der Waals surface area contributed by atoms with Crippen molar-refractivity contribution >= 4 is 22.1 Å². The molecule has 0 spiro atoms. The van der Waals surface area contributed by atoms with E-state index in [-0.39, 0.29) is 17.9 Å². The van der Waals surface area contributed by atoms with E-state index in [1.54, 1.807) is 30.9 Å². The molecule has 0 aliphatic carbocycles. The second kappa shape index (κ2) is 6.63. The lowest BCUT2D eigenvalue weighted by Gasteiger charge is -2.11. The SMILES string of the molecule is Cn1cnc2ccc(-c3ccc(Cn4c(=O)cnc5cnccc54)c(F)c3)cc21. The van der Waals surface area contributed by atoms with E-state index in [0.717, 1.165) is 22.2 Å². The zero-order chi connectivity index (χ0) is 20.0. The lowest BCUT2D eigenvalue weighted by atomic mass is 10.0. The predicted molar refractivity (Wildman–Crippen MR) is 109 cm³/mol. The molecule has 0 N–H and O–H groups in total. The van der Waals surface area contributed by atoms with Crippen LogP contribution in [0.2, 0.25) is 0 Å². The number of imidazole rings is 1. The van der Waals surface area contributed by atoms with Gasteiger partial charge in [-0.2, -0.15) is 0 Å². The second-order valence-corrected chi connectivity index (χ2v) is 6.91. The maximum Gasteiger partial charge on any atom is 0.269 e. The van der Waals surface area contributed by atoms with Gasteiger partial charge in [-0.25, -0.2) is 14.4 Å². The van der Waals surface area contributed by atoms with E-state index in [9.17, 15) is 9.18 Å². The van der Waals surface area contributed by atoms with Gasteiger partial charge in [0.2, 0.25) is 0 Å². The van der Waals surface area contributed by atoms with Gasteiger partial charge in [-0.1, -0.05) is 18.2 Å². The fourth-order valence-corrected chi connectivity index (χ4v) is 3.51. The Morgan fingerprint density at radius 3 is 2.62 bits per heavy atom. The van der Waals surface area contributed by atoms with Gasteiger partial charge in [-0.05, 0) is 35.4 Å². The lowest BCUT2D eigenvalue weighted by Crippen LogP contribution is -2.21. The average Bonchev–Trinajstić information content (AvgIpc) is 3.11. The largest absolute Gasteiger partial charge is 0.334 e. The van der Waals surface area contributed by atoms with Gasteiger partial charge in [0.15, 0.2) is 0 Å². The molecule has 0 amide bonds. The predicted octanol–water partition coefficient (Wildman–Crippen LogP) is 3.53. The molecule has 7 heteroatoms. The zero-order valence-electron chi connectivity index (χ0n) is 15.6. The topological polar surface area (TPSA) is 65.6 Å². The molecule has 2 aromatic carbocycles. The Hall–Kier alpha value is -3.87. The molecule has 5 rings (SSSR count). The van der Waals surface area contributed by atoms with Crippen molar-refractivity contribution in [2.75, 3.05) is 0 Å². The molecular formula is C22H16FN5O. The van der Waals surface area contributed by atoms with Crippen LogP contribution in [0.15, 0.2) is 72.2 Å². The van der Waals surface area contributed by atoms with Crippen LogP contribution in [-0.4, -0.2) is 24.1 Å². The third-order valence-corrected chi connectivity index (χ3v) is 5.09. The van der Waals surface area contributed by atoms with E-state index >= 15 is 0 Å². The standard InChI is InChI=1S/C22H16FN5O/c1-27-13-26-18-5-4-15(9-21(18)27)14-2-3-16(17(23)8-14)12-28-20-6-7-24-10-19(20)25-11-22(28)29/h2-11,13H,12H2,1H3. The first-order valence-electron chi connectivity index (χ1n) is 9.09. The molecule has 5 aromatic rings. The molecule has 3 heterocycles. The Morgan fingerprint density at radius 2 is 1.76 bits per heavy atom. The summed E-state index contributed by atoms with van der Waals surface area (Å²) in [6.45, 7) is 0.120. The quantitative estimate of drug-likeness (QED) is 0.477. The van der Waals surface area contributed by atoms with E-state index in [4.69, 9.17) is 0 Å². The van der Waals surface area contributed by atoms with Crippen LogP contribution in [0.4, 0.5) is 4.39 Å². The molecule has 0 aliphatic rings. The molecule has 0 saturated heterocycles. The number of pyridine rings is 1. The van der Waals surface area contributed by atoms with Crippen molar-refractivity contribution in [2.24, 2.45) is 7.05 Å². The Balaban J connectivity index is 1.54. The molecule has 0 aliphatic heterocycles. The highest BCUT2D eigenvalue weighted by molar-refractivity contribution is 5.82. The van der Waals surface area contributed by atoms with Gasteiger partial charge < -0.3 is 9.13 Å². The van der Waals surface area contributed by atoms with Crippen molar-refractivity contribution in [3.05, 3.63) is 89.1 Å². The van der Waals surface area contributed by atoms with E-state index in [2.05, 4.69) is 15.0 Å². The van der Waals surface area contributed by atoms with E-state index in [1.807, 2.05) is 35.9 Å². The van der Waals surface area contributed by atoms with E-state index in [1.165, 1.54) is 16.8 Å². The van der Waals surface area contributed by atoms with E-state index < -0.39 is 0 Å². The lowest BCUT2D eigenvalue weighted by molar-refractivity contribution is 0.599. The van der Waals surface area contributed by atoms with Crippen molar-refractivity contribution in [1.29, 1.82) is 0 Å². The van der Waals surface area contributed by atoms with Gasteiger partial charge >= 0.3 is 0 Å². The van der Waals surface area contributed by atoms with E-state index in [0.29, 0.717) is 16.6 Å². The minimum absolute atomic E-state index is 0.120. The summed E-state index contributed by atoms with van der Waals surface area (Å²) in [5, 5.41) is 0. The summed E-state index contributed by atoms with van der Waals surface area (Å²) in [6.07, 6.45) is 6.16. The Labute approximate surface area is 164 Å². The third kappa shape index (κ3) is 2.97. The molecule has 142 valence electrons. The van der Waals surface area contributed by atoms with Gasteiger partial charge in [-0.3, -0.25) is 9.78 Å². The van der Waals surface area contributed by atoms with Crippen molar-refractivity contribution in [1.82, 2.24) is 24.1 Å². The summed E-state index contributed by atoms with van der Waals surface area (Å²) in [4.78, 5) is 24.7. The molecule has 0 saturated carbocycles. The fourth-order valence-electron chi connectivity index (χ4n) is 3.51. The van der Waals surface area contributed by atoms with Crippen LogP contribution in [0.5, 0.6) is 0 Å². The maximum absolute atomic E-state index is 14.9. The molecule has 29 heavy (non-hydrogen) atoms. The Kier molecular flexibility index (Phi) is 3.94. The van der Waals surface area contributed by atoms with Crippen LogP contribution >= 0.6 is 0 Å². The summed E-state index contributed by atoms with van der Waals surface area (Å²) >= 11 is 0. The molecule has 0 unspecified atom stereocenters. The summed E-state index contributed by atoms with van der Waals surface area (Å²) in [5.41, 5.74) is 4.92. The summed E-state index contributed by atoms with van der Waals surface area (Å²) in [5.74, 6) is -0.362. The van der Waals surface area contributed by atoms with Gasteiger partial charge in [0, 0.05) is 18.8 Å². The monoisotopic (exact) mass is 385 g/mol. The van der Waals surface area contributed by atoms with Gasteiger partial charge in [0.25, 0.3) is 5.56 Å². The molecule has 0 atom stereocenters. The minimum atomic E-state index is -0.362. The van der Waals surface area contributed by atoms with Crippen LogP contribution in [-0.2, 0) is 13.6 Å². The minimum Gasteiger partial charge on any atom is -0.334 e. The van der Waals surface area contributed by atoms with Gasteiger partial charge in [-0.15, -0.1) is 0 Å². The molecule has 0 radical (unpaired) electrons. The molecule has 6 nitrogen and oxygen atoms in total. The smallest absolute Gasteiger partial charge is 0.269 e. The number of aryl methyl sites for hydroxylation is 1. The van der Waals surface area contributed by atoms with Gasteiger partial charge in [0.1, 0.15) is 11.3 Å². The number of hydrogen-bond donors (Lipinski definition) is 0. The van der Waals surface area contributed by atoms with Crippen molar-refractivity contribution in [2.45, 2.75) is 6.54 Å². The summed E-state index contributed by atoms with van der Waals surface area (Å²) < 4.78 is 18.4. The average molecular weight is 385 g/mol. The first-order chi connectivity index (χ1) is 14.1. The van der Waals surface area contributed by atoms with Crippen LogP contribution < -0.4 is 5.56 Å². The highest BCUT2D eigenvalue weighted by atomic mass is 19.1. The van der Waals surface area contributed by atoms with Crippen LogP contribution in [0.25, 0.3) is 33.2 Å². The normalized spacial score (nSPS) is 11.4. The number of rotatable bonds is 3. The first kappa shape index (κ1) is 17.2. The number of halogens is 1. The van der Waals surface area contributed by atoms with Crippen LogP contribution in [0.3, 0.4) is 0 Å². The van der Waals surface area contributed by atoms with Crippen molar-refractivity contribution in [3.63, 3.8) is 0 Å². The Bertz CT molecular complexity index is 1440. The second-order valence-electron chi connectivity index (χ2n) is 6.91. The van der Waals surface area contributed by atoms with Gasteiger partial charge in [0.05, 0.1) is 41.8 Å². The van der Waals surface area contributed by atoms with Crippen LogP contribution in [0, 0.1) is 5.82 Å². The molecule has 0 bridgehead atoms. The highest BCUT2D eigenvalue weighted by Gasteiger charge is 2.11. The third-order valence-electron chi connectivity index (χ3n) is 5.09. The molecule has 0 fully saturated rings. The maximum atomic E-state index is 14.9. The van der Waals surface area contributed by atoms with Crippen molar-refractivity contribution < 1.29 is 4.39 Å². The van der Waals surface area contributed by atoms with Crippen molar-refractivity contribution in [3.8, 4) is 11.1 Å². The summed E-state index contributed by atoms with van der Waals surface area (Å²) in [6, 6.07) is 12.6. The molecule has 3 aromatic heterocycles. The number of hydrogen-bond acceptors (Lipinski definition) is 4. The number of benzene rings is 2. The molecular weight excluding hydrogens is 369 g/mol. The highest BCUT2D eigenvalue weighted by Crippen LogP contribution is 2.26. The summed E-state index contributed by atoms with van der Waals surface area (Å²) in [7, 11) is 1.93. The number of fused-ring (bicyclic) bond motifs is 2. The first-order valence-corrected chi connectivity index (χ1v) is 9.09. The fraction of sp³-hybridized carbons (Fsp3) is 0.0909.